The van der Waals surface area contributed by atoms with Gasteiger partial charge in [0.05, 0.1) is 5.52 Å². The fourth-order valence-electron chi connectivity index (χ4n) is 2.31. The van der Waals surface area contributed by atoms with Crippen LogP contribution < -0.4 is 5.73 Å². The first-order chi connectivity index (χ1) is 8.74. The lowest BCUT2D eigenvalue weighted by atomic mass is 10.00. The summed E-state index contributed by atoms with van der Waals surface area (Å²) in [5, 5.41) is 1.15. The highest BCUT2D eigenvalue weighted by Gasteiger charge is 2.05. The van der Waals surface area contributed by atoms with Crippen molar-refractivity contribution in [2.45, 2.75) is 6.92 Å². The molecule has 2 aromatic carbocycles. The number of nitrogens with zero attached hydrogens (tertiary/aromatic N) is 1. The lowest BCUT2D eigenvalue weighted by Crippen LogP contribution is -1.89. The van der Waals surface area contributed by atoms with E-state index in [4.69, 9.17) is 5.73 Å². The van der Waals surface area contributed by atoms with Gasteiger partial charge in [0.2, 0.25) is 0 Å². The number of para-hydroxylation sites is 1. The molecule has 0 bridgehead atoms. The lowest BCUT2D eigenvalue weighted by Gasteiger charge is -2.08. The van der Waals surface area contributed by atoms with Crippen LogP contribution in [-0.2, 0) is 0 Å². The Morgan fingerprint density at radius 3 is 2.67 bits per heavy atom. The molecule has 0 radical (unpaired) electrons. The van der Waals surface area contributed by atoms with Crippen molar-refractivity contribution in [2.24, 2.45) is 0 Å². The molecule has 0 amide bonds. The Hall–Kier alpha value is -2.35. The van der Waals surface area contributed by atoms with Crippen LogP contribution in [0.1, 0.15) is 5.56 Å². The molecule has 1 heterocycles. The van der Waals surface area contributed by atoms with Gasteiger partial charge in [-0.1, -0.05) is 30.3 Å². The standard InChI is InChI=1S/C16H14N2/c1-11-8-13(10-14(17)9-11)15-6-2-4-12-5-3-7-18-16(12)15/h2-10H,17H2,1H3. The van der Waals surface area contributed by atoms with Crippen molar-refractivity contribution in [3.63, 3.8) is 0 Å². The molecule has 88 valence electrons. The van der Waals surface area contributed by atoms with Crippen molar-refractivity contribution in [3.8, 4) is 11.1 Å². The Bertz CT molecular complexity index is 692. The van der Waals surface area contributed by atoms with E-state index in [2.05, 4.69) is 42.2 Å². The first-order valence-corrected chi connectivity index (χ1v) is 5.95. The Balaban J connectivity index is 2.31. The predicted molar refractivity (Wildman–Crippen MR) is 76.3 cm³/mol. The molecule has 0 atom stereocenters. The van der Waals surface area contributed by atoms with Crippen LogP contribution >= 0.6 is 0 Å². The van der Waals surface area contributed by atoms with Crippen molar-refractivity contribution in [2.75, 3.05) is 5.73 Å². The van der Waals surface area contributed by atoms with Crippen LogP contribution in [0.25, 0.3) is 22.0 Å². The summed E-state index contributed by atoms with van der Waals surface area (Å²) < 4.78 is 0. The molecule has 2 nitrogen and oxygen atoms in total. The minimum atomic E-state index is 0.790. The van der Waals surface area contributed by atoms with Gasteiger partial charge in [0.25, 0.3) is 0 Å². The minimum Gasteiger partial charge on any atom is -0.399 e. The number of benzene rings is 2. The normalized spacial score (nSPS) is 10.7. The number of hydrogen-bond donors (Lipinski definition) is 1. The number of hydrogen-bond acceptors (Lipinski definition) is 2. The van der Waals surface area contributed by atoms with E-state index >= 15 is 0 Å². The quantitative estimate of drug-likeness (QED) is 0.650. The first kappa shape index (κ1) is 10.8. The average Bonchev–Trinajstić information content (AvgIpc) is 2.37. The topological polar surface area (TPSA) is 38.9 Å². The number of pyridine rings is 1. The maximum absolute atomic E-state index is 5.92. The maximum atomic E-state index is 5.92. The van der Waals surface area contributed by atoms with Gasteiger partial charge in [-0.25, -0.2) is 0 Å². The molecule has 0 unspecified atom stereocenters. The van der Waals surface area contributed by atoms with Gasteiger partial charge in [-0.3, -0.25) is 4.98 Å². The third-order valence-corrected chi connectivity index (χ3v) is 3.04. The van der Waals surface area contributed by atoms with Gasteiger partial charge in [-0.05, 0) is 36.2 Å². The highest BCUT2D eigenvalue weighted by atomic mass is 14.6. The molecule has 0 spiro atoms. The van der Waals surface area contributed by atoms with Crippen LogP contribution in [0.2, 0.25) is 0 Å². The van der Waals surface area contributed by atoms with Gasteiger partial charge in [-0.15, -0.1) is 0 Å². The molecule has 3 aromatic rings. The second kappa shape index (κ2) is 4.15. The van der Waals surface area contributed by atoms with Crippen molar-refractivity contribution < 1.29 is 0 Å². The molecule has 0 saturated carbocycles. The smallest absolute Gasteiger partial charge is 0.0780 e. The number of anilines is 1. The second-order valence-corrected chi connectivity index (χ2v) is 4.51. The summed E-state index contributed by atoms with van der Waals surface area (Å²) in [4.78, 5) is 4.48. The predicted octanol–water partition coefficient (Wildman–Crippen LogP) is 3.79. The molecule has 0 fully saturated rings. The largest absolute Gasteiger partial charge is 0.399 e. The van der Waals surface area contributed by atoms with Crippen LogP contribution in [0.15, 0.2) is 54.7 Å². The van der Waals surface area contributed by atoms with Crippen molar-refractivity contribution in [3.05, 3.63) is 60.3 Å². The van der Waals surface area contributed by atoms with Gasteiger partial charge in [0.1, 0.15) is 0 Å². The maximum Gasteiger partial charge on any atom is 0.0780 e. The summed E-state index contributed by atoms with van der Waals surface area (Å²) in [6.45, 7) is 2.05. The van der Waals surface area contributed by atoms with E-state index in [1.54, 1.807) is 0 Å². The monoisotopic (exact) mass is 234 g/mol. The average molecular weight is 234 g/mol. The van der Waals surface area contributed by atoms with Crippen molar-refractivity contribution in [1.29, 1.82) is 0 Å². The molecule has 2 heteroatoms. The lowest BCUT2D eigenvalue weighted by molar-refractivity contribution is 1.40. The number of nitrogen functional groups attached to an aromatic ring is 1. The Labute approximate surface area is 106 Å². The summed E-state index contributed by atoms with van der Waals surface area (Å²) in [5.41, 5.74) is 11.1. The van der Waals surface area contributed by atoms with E-state index in [-0.39, 0.29) is 0 Å². The zero-order valence-electron chi connectivity index (χ0n) is 10.2. The van der Waals surface area contributed by atoms with E-state index in [0.717, 1.165) is 33.3 Å². The van der Waals surface area contributed by atoms with Crippen LogP contribution in [0.3, 0.4) is 0 Å². The molecule has 1 aromatic heterocycles. The summed E-state index contributed by atoms with van der Waals surface area (Å²) in [6, 6.07) is 16.4. The number of rotatable bonds is 1. The Kier molecular flexibility index (Phi) is 2.49. The first-order valence-electron chi connectivity index (χ1n) is 5.95. The number of nitrogens with two attached hydrogens (primary N) is 1. The van der Waals surface area contributed by atoms with E-state index in [9.17, 15) is 0 Å². The SMILES string of the molecule is Cc1cc(N)cc(-c2cccc3cccnc23)c1. The summed E-state index contributed by atoms with van der Waals surface area (Å²) in [6.07, 6.45) is 1.82. The van der Waals surface area contributed by atoms with Gasteiger partial charge in [-0.2, -0.15) is 0 Å². The van der Waals surface area contributed by atoms with Crippen LogP contribution in [0.5, 0.6) is 0 Å². The molecular formula is C16H14N2. The minimum absolute atomic E-state index is 0.790. The molecule has 0 aliphatic carbocycles. The third-order valence-electron chi connectivity index (χ3n) is 3.04. The van der Waals surface area contributed by atoms with Crippen LogP contribution in [0, 0.1) is 6.92 Å². The van der Waals surface area contributed by atoms with Crippen molar-refractivity contribution >= 4 is 16.6 Å². The second-order valence-electron chi connectivity index (χ2n) is 4.51. The number of aryl methyl sites for hydroxylation is 1. The highest BCUT2D eigenvalue weighted by Crippen LogP contribution is 2.29. The van der Waals surface area contributed by atoms with Crippen LogP contribution in [0.4, 0.5) is 5.69 Å². The van der Waals surface area contributed by atoms with E-state index in [1.807, 2.05) is 24.4 Å². The van der Waals surface area contributed by atoms with E-state index in [1.165, 1.54) is 0 Å². The summed E-state index contributed by atoms with van der Waals surface area (Å²) >= 11 is 0. The fraction of sp³-hybridized carbons (Fsp3) is 0.0625. The van der Waals surface area contributed by atoms with Crippen LogP contribution in [-0.4, -0.2) is 4.98 Å². The zero-order chi connectivity index (χ0) is 12.5. The molecule has 2 N–H and O–H groups in total. The summed E-state index contributed by atoms with van der Waals surface area (Å²) in [5.74, 6) is 0. The van der Waals surface area contributed by atoms with Crippen molar-refractivity contribution in [1.82, 2.24) is 4.98 Å². The highest BCUT2D eigenvalue weighted by molar-refractivity contribution is 5.94. The zero-order valence-corrected chi connectivity index (χ0v) is 10.2. The third kappa shape index (κ3) is 1.82. The number of fused-ring (bicyclic) bond motifs is 1. The molecule has 18 heavy (non-hydrogen) atoms. The van der Waals surface area contributed by atoms with Gasteiger partial charge in [0, 0.05) is 22.8 Å². The molecule has 0 aliphatic heterocycles. The Morgan fingerprint density at radius 1 is 1.00 bits per heavy atom. The molecule has 3 rings (SSSR count). The van der Waals surface area contributed by atoms with Gasteiger partial charge >= 0.3 is 0 Å². The molecule has 0 saturated heterocycles. The molecular weight excluding hydrogens is 220 g/mol. The Morgan fingerprint density at radius 2 is 1.83 bits per heavy atom. The number of aromatic nitrogens is 1. The molecule has 0 aliphatic rings. The van der Waals surface area contributed by atoms with Gasteiger partial charge in [0.15, 0.2) is 0 Å². The van der Waals surface area contributed by atoms with E-state index < -0.39 is 0 Å². The summed E-state index contributed by atoms with van der Waals surface area (Å²) in [7, 11) is 0. The van der Waals surface area contributed by atoms with Gasteiger partial charge < -0.3 is 5.73 Å². The van der Waals surface area contributed by atoms with E-state index in [0.29, 0.717) is 0 Å². The fourth-order valence-corrected chi connectivity index (χ4v) is 2.31.